The first-order valence-electron chi connectivity index (χ1n) is 6.84. The molecule has 0 heterocycles. The van der Waals surface area contributed by atoms with Crippen LogP contribution < -0.4 is 10.1 Å². The summed E-state index contributed by atoms with van der Waals surface area (Å²) in [5.74, 6) is -0.585. The minimum absolute atomic E-state index is 0.0324. The average molecular weight is 356 g/mol. The van der Waals surface area contributed by atoms with E-state index in [4.69, 9.17) is 4.74 Å². The second kappa shape index (κ2) is 6.47. The van der Waals surface area contributed by atoms with Gasteiger partial charge in [-0.15, -0.1) is 0 Å². The van der Waals surface area contributed by atoms with E-state index < -0.39 is 11.5 Å². The normalized spacial score (nSPS) is 16.9. The second-order valence-electron chi connectivity index (χ2n) is 5.39. The van der Waals surface area contributed by atoms with Gasteiger partial charge in [-0.25, -0.2) is 4.79 Å². The van der Waals surface area contributed by atoms with Crippen LogP contribution >= 0.6 is 15.9 Å². The Morgan fingerprint density at radius 1 is 1.48 bits per heavy atom. The molecule has 6 heteroatoms. The molecule has 1 aromatic carbocycles. The van der Waals surface area contributed by atoms with Gasteiger partial charge in [-0.3, -0.25) is 4.79 Å². The molecule has 0 aliphatic heterocycles. The lowest BCUT2D eigenvalue weighted by Crippen LogP contribution is -2.54. The third kappa shape index (κ3) is 4.20. The van der Waals surface area contributed by atoms with E-state index >= 15 is 0 Å². The topological polar surface area (TPSA) is 75.6 Å². The Bertz CT molecular complexity index is 544. The van der Waals surface area contributed by atoms with Gasteiger partial charge in [-0.1, -0.05) is 22.0 Å². The molecule has 1 aliphatic carbocycles. The van der Waals surface area contributed by atoms with E-state index in [-0.39, 0.29) is 24.9 Å². The highest BCUT2D eigenvalue weighted by molar-refractivity contribution is 9.10. The van der Waals surface area contributed by atoms with Crippen molar-refractivity contribution in [3.8, 4) is 5.75 Å². The van der Waals surface area contributed by atoms with Crippen LogP contribution in [0.5, 0.6) is 5.75 Å². The van der Waals surface area contributed by atoms with Crippen LogP contribution in [0.25, 0.3) is 0 Å². The Hall–Kier alpha value is -1.56. The smallest absolute Gasteiger partial charge is 0.329 e. The Balaban J connectivity index is 1.80. The van der Waals surface area contributed by atoms with Crippen molar-refractivity contribution in [2.24, 2.45) is 5.92 Å². The highest BCUT2D eigenvalue weighted by Gasteiger charge is 2.48. The summed E-state index contributed by atoms with van der Waals surface area (Å²) in [6.45, 7) is 1.78. The van der Waals surface area contributed by atoms with Crippen LogP contribution in [-0.2, 0) is 9.59 Å². The van der Waals surface area contributed by atoms with Crippen LogP contribution in [0.15, 0.2) is 28.7 Å². The lowest BCUT2D eigenvalue weighted by atomic mass is 9.96. The van der Waals surface area contributed by atoms with Crippen LogP contribution in [0.2, 0.25) is 0 Å². The molecule has 1 aliphatic rings. The first-order chi connectivity index (χ1) is 9.91. The third-order valence-electron chi connectivity index (χ3n) is 3.63. The van der Waals surface area contributed by atoms with Gasteiger partial charge in [0.05, 0.1) is 13.0 Å². The monoisotopic (exact) mass is 355 g/mol. The Labute approximate surface area is 131 Å². The molecule has 1 fully saturated rings. The number of nitrogens with one attached hydrogen (secondary N) is 1. The van der Waals surface area contributed by atoms with E-state index in [1.54, 1.807) is 13.0 Å². The molecule has 0 radical (unpaired) electrons. The summed E-state index contributed by atoms with van der Waals surface area (Å²) >= 11 is 3.34. The molecule has 1 unspecified atom stereocenters. The van der Waals surface area contributed by atoms with Crippen molar-refractivity contribution >= 4 is 27.8 Å². The molecule has 114 valence electrons. The molecule has 21 heavy (non-hydrogen) atoms. The van der Waals surface area contributed by atoms with Gasteiger partial charge in [0, 0.05) is 4.47 Å². The molecule has 5 nitrogen and oxygen atoms in total. The van der Waals surface area contributed by atoms with E-state index in [0.29, 0.717) is 5.75 Å². The van der Waals surface area contributed by atoms with Gasteiger partial charge in [-0.2, -0.15) is 0 Å². The van der Waals surface area contributed by atoms with Gasteiger partial charge >= 0.3 is 5.97 Å². The summed E-state index contributed by atoms with van der Waals surface area (Å²) in [6.07, 6.45) is 1.82. The van der Waals surface area contributed by atoms with Crippen LogP contribution in [0.1, 0.15) is 26.2 Å². The van der Waals surface area contributed by atoms with Crippen molar-refractivity contribution in [3.63, 3.8) is 0 Å². The van der Waals surface area contributed by atoms with Gasteiger partial charge in [0.15, 0.2) is 0 Å². The van der Waals surface area contributed by atoms with Crippen molar-refractivity contribution in [2.45, 2.75) is 31.7 Å². The summed E-state index contributed by atoms with van der Waals surface area (Å²) in [7, 11) is 0. The molecule has 1 saturated carbocycles. The fourth-order valence-corrected chi connectivity index (χ4v) is 2.54. The lowest BCUT2D eigenvalue weighted by Gasteiger charge is -2.26. The van der Waals surface area contributed by atoms with Crippen molar-refractivity contribution in [3.05, 3.63) is 28.7 Å². The molecule has 0 saturated heterocycles. The van der Waals surface area contributed by atoms with Crippen LogP contribution in [-0.4, -0.2) is 29.1 Å². The molecule has 2 rings (SSSR count). The zero-order valence-electron chi connectivity index (χ0n) is 11.8. The number of carboxylic acids is 1. The minimum Gasteiger partial charge on any atom is -0.493 e. The Morgan fingerprint density at radius 2 is 2.19 bits per heavy atom. The number of carbonyl (C=O) groups excluding carboxylic acids is 1. The van der Waals surface area contributed by atoms with Crippen LogP contribution in [0.3, 0.4) is 0 Å². The zero-order chi connectivity index (χ0) is 15.5. The Kier molecular flexibility index (Phi) is 4.88. The van der Waals surface area contributed by atoms with Crippen LogP contribution in [0, 0.1) is 5.92 Å². The number of halogens is 1. The fraction of sp³-hybridized carbons (Fsp3) is 0.467. The molecule has 0 spiro atoms. The number of rotatable bonds is 7. The molecular formula is C15H18BrNO4. The van der Waals surface area contributed by atoms with E-state index in [0.717, 1.165) is 17.3 Å². The highest BCUT2D eigenvalue weighted by atomic mass is 79.9. The highest BCUT2D eigenvalue weighted by Crippen LogP contribution is 2.39. The second-order valence-corrected chi connectivity index (χ2v) is 6.30. The van der Waals surface area contributed by atoms with E-state index in [1.807, 2.05) is 18.2 Å². The number of carboxylic acid groups (broad SMARTS) is 1. The number of amides is 1. The number of carbonyl (C=O) groups is 2. The summed E-state index contributed by atoms with van der Waals surface area (Å²) in [5.41, 5.74) is -1.16. The average Bonchev–Trinajstić information content (AvgIpc) is 3.23. The van der Waals surface area contributed by atoms with E-state index in [1.165, 1.54) is 0 Å². The van der Waals surface area contributed by atoms with E-state index in [9.17, 15) is 14.7 Å². The molecule has 0 bridgehead atoms. The summed E-state index contributed by atoms with van der Waals surface area (Å²) in [5, 5.41) is 11.9. The minimum atomic E-state index is -1.16. The van der Waals surface area contributed by atoms with Crippen molar-refractivity contribution < 1.29 is 19.4 Å². The number of ether oxygens (including phenoxy) is 1. The van der Waals surface area contributed by atoms with Gasteiger partial charge in [0.25, 0.3) is 0 Å². The molecular weight excluding hydrogens is 338 g/mol. The number of hydrogen-bond donors (Lipinski definition) is 2. The molecule has 0 aromatic heterocycles. The molecule has 1 amide bonds. The van der Waals surface area contributed by atoms with Crippen molar-refractivity contribution in [1.29, 1.82) is 0 Å². The van der Waals surface area contributed by atoms with Gasteiger partial charge in [-0.05, 0) is 43.9 Å². The first-order valence-corrected chi connectivity index (χ1v) is 7.64. The Morgan fingerprint density at radius 3 is 2.76 bits per heavy atom. The summed E-state index contributed by atoms with van der Waals surface area (Å²) in [6, 6.07) is 7.33. The molecule has 2 N–H and O–H groups in total. The number of hydrogen-bond acceptors (Lipinski definition) is 3. The quantitative estimate of drug-likeness (QED) is 0.788. The van der Waals surface area contributed by atoms with Crippen molar-refractivity contribution in [2.75, 3.05) is 6.61 Å². The SMILES string of the molecule is CC(NC(=O)CCOc1cccc(Br)c1)(C(=O)O)C1CC1. The fourth-order valence-electron chi connectivity index (χ4n) is 2.16. The van der Waals surface area contributed by atoms with Gasteiger partial charge < -0.3 is 15.2 Å². The summed E-state index contributed by atoms with van der Waals surface area (Å²) in [4.78, 5) is 23.2. The molecule has 1 aromatic rings. The first kappa shape index (κ1) is 15.8. The predicted molar refractivity (Wildman–Crippen MR) is 81.2 cm³/mol. The lowest BCUT2D eigenvalue weighted by molar-refractivity contribution is -0.148. The summed E-state index contributed by atoms with van der Waals surface area (Å²) < 4.78 is 6.37. The van der Waals surface area contributed by atoms with Crippen molar-refractivity contribution in [1.82, 2.24) is 5.32 Å². The maximum Gasteiger partial charge on any atom is 0.329 e. The zero-order valence-corrected chi connectivity index (χ0v) is 13.4. The maximum atomic E-state index is 11.9. The number of aliphatic carboxylic acids is 1. The standard InChI is InChI=1S/C15H18BrNO4/c1-15(14(19)20,10-5-6-10)17-13(18)7-8-21-12-4-2-3-11(16)9-12/h2-4,9-10H,5-8H2,1H3,(H,17,18)(H,19,20). The van der Waals surface area contributed by atoms with Gasteiger partial charge in [0.1, 0.15) is 11.3 Å². The largest absolute Gasteiger partial charge is 0.493 e. The van der Waals surface area contributed by atoms with Gasteiger partial charge in [0.2, 0.25) is 5.91 Å². The molecule has 1 atom stereocenters. The predicted octanol–water partition coefficient (Wildman–Crippen LogP) is 2.59. The third-order valence-corrected chi connectivity index (χ3v) is 4.12. The van der Waals surface area contributed by atoms with Crippen LogP contribution in [0.4, 0.5) is 0 Å². The maximum absolute atomic E-state index is 11.9. The van der Waals surface area contributed by atoms with E-state index in [2.05, 4.69) is 21.2 Å². The number of benzene rings is 1.